The van der Waals surface area contributed by atoms with Gasteiger partial charge in [-0.05, 0) is 60.2 Å². The topological polar surface area (TPSA) is 119 Å². The van der Waals surface area contributed by atoms with Crippen molar-refractivity contribution in [1.29, 1.82) is 0 Å². The van der Waals surface area contributed by atoms with Crippen LogP contribution in [0, 0.1) is 0 Å². The summed E-state index contributed by atoms with van der Waals surface area (Å²) in [6.07, 6.45) is -1.26. The average molecular weight is 561 g/mol. The van der Waals surface area contributed by atoms with Crippen LogP contribution < -0.4 is 16.6 Å². The number of amides is 1. The maximum absolute atomic E-state index is 13.5. The molecular formula is C30H27F3N6O2. The highest BCUT2D eigenvalue weighted by Gasteiger charge is 2.30. The van der Waals surface area contributed by atoms with Gasteiger partial charge in [-0.15, -0.1) is 0 Å². The Kier molecular flexibility index (Phi) is 7.86. The van der Waals surface area contributed by atoms with Crippen molar-refractivity contribution in [2.24, 2.45) is 0 Å². The largest absolute Gasteiger partial charge is 0.416 e. The molecule has 0 atom stereocenters. The summed E-state index contributed by atoms with van der Waals surface area (Å²) in [5.74, 6) is -0.153. The number of nitrogens with one attached hydrogen (secondary N) is 2. The monoisotopic (exact) mass is 560 g/mol. The van der Waals surface area contributed by atoms with E-state index in [1.165, 1.54) is 22.9 Å². The number of benzene rings is 3. The highest BCUT2D eigenvalue weighted by molar-refractivity contribution is 5.79. The van der Waals surface area contributed by atoms with Gasteiger partial charge in [0.15, 0.2) is 5.95 Å². The minimum absolute atomic E-state index is 0.188. The molecule has 0 aliphatic rings. The maximum atomic E-state index is 13.5. The Labute approximate surface area is 233 Å². The van der Waals surface area contributed by atoms with Gasteiger partial charge in [0.25, 0.3) is 5.56 Å². The van der Waals surface area contributed by atoms with E-state index in [2.05, 4.69) is 20.3 Å². The van der Waals surface area contributed by atoms with Gasteiger partial charge in [0.05, 0.1) is 28.5 Å². The Hall–Kier alpha value is -4.93. The number of hydrogen-bond donors (Lipinski definition) is 3. The van der Waals surface area contributed by atoms with E-state index in [0.717, 1.165) is 35.2 Å². The van der Waals surface area contributed by atoms with E-state index < -0.39 is 23.2 Å². The number of halogens is 3. The second-order valence-electron chi connectivity index (χ2n) is 9.65. The predicted octanol–water partition coefficient (Wildman–Crippen LogP) is 4.88. The normalized spacial score (nSPS) is 11.6. The van der Waals surface area contributed by atoms with E-state index >= 15 is 0 Å². The number of rotatable bonds is 9. The zero-order valence-electron chi connectivity index (χ0n) is 21.9. The zero-order chi connectivity index (χ0) is 29.0. The SMILES string of the molecule is Nc1nc2ccc(CNC(=O)Cn3c(-c4ccc(C(F)(F)F)cc4)cnc(CCCc4ccccc4)c3=O)cc2[nH]1. The Morgan fingerprint density at radius 2 is 1.73 bits per heavy atom. The van der Waals surface area contributed by atoms with Gasteiger partial charge in [-0.1, -0.05) is 48.5 Å². The van der Waals surface area contributed by atoms with Crippen molar-refractivity contribution in [3.8, 4) is 11.3 Å². The molecule has 210 valence electrons. The minimum Gasteiger partial charge on any atom is -0.369 e. The molecule has 41 heavy (non-hydrogen) atoms. The van der Waals surface area contributed by atoms with Crippen molar-refractivity contribution < 1.29 is 18.0 Å². The quantitative estimate of drug-likeness (QED) is 0.238. The molecule has 8 nitrogen and oxygen atoms in total. The standard InChI is InChI=1S/C30H27F3N6O2/c31-30(32,33)22-12-10-21(11-13-22)26-17-35-24(8-4-7-19-5-2-1-3-6-19)28(41)39(26)18-27(40)36-16-20-9-14-23-25(15-20)38-29(34)37-23/h1-3,5-6,9-15,17H,4,7-8,16,18H2,(H,36,40)(H3,34,37,38). The van der Waals surface area contributed by atoms with E-state index in [0.29, 0.717) is 23.9 Å². The summed E-state index contributed by atoms with van der Waals surface area (Å²) >= 11 is 0. The number of aromatic amines is 1. The third-order valence-corrected chi connectivity index (χ3v) is 6.71. The molecule has 0 radical (unpaired) electrons. The van der Waals surface area contributed by atoms with Crippen LogP contribution in [0.5, 0.6) is 0 Å². The molecule has 5 rings (SSSR count). The fourth-order valence-corrected chi connectivity index (χ4v) is 4.61. The zero-order valence-corrected chi connectivity index (χ0v) is 21.9. The number of carbonyl (C=O) groups excluding carboxylic acids is 1. The molecule has 0 spiro atoms. The number of alkyl halides is 3. The van der Waals surface area contributed by atoms with E-state index in [9.17, 15) is 22.8 Å². The summed E-state index contributed by atoms with van der Waals surface area (Å²) in [5, 5.41) is 2.80. The summed E-state index contributed by atoms with van der Waals surface area (Å²) in [6, 6.07) is 19.7. The molecule has 0 aliphatic carbocycles. The summed E-state index contributed by atoms with van der Waals surface area (Å²) in [4.78, 5) is 37.9. The second kappa shape index (κ2) is 11.7. The molecule has 5 aromatic rings. The molecule has 0 fully saturated rings. The van der Waals surface area contributed by atoms with Crippen molar-refractivity contribution >= 4 is 22.9 Å². The summed E-state index contributed by atoms with van der Waals surface area (Å²) in [5.41, 5.74) is 8.65. The van der Waals surface area contributed by atoms with Crippen molar-refractivity contribution in [1.82, 2.24) is 24.8 Å². The lowest BCUT2D eigenvalue weighted by atomic mass is 10.1. The van der Waals surface area contributed by atoms with Crippen LogP contribution in [-0.2, 0) is 36.9 Å². The highest BCUT2D eigenvalue weighted by atomic mass is 19.4. The molecule has 11 heteroatoms. The van der Waals surface area contributed by atoms with E-state index in [1.807, 2.05) is 36.4 Å². The van der Waals surface area contributed by atoms with Crippen molar-refractivity contribution in [3.05, 3.63) is 112 Å². The molecule has 2 heterocycles. The molecule has 0 aliphatic heterocycles. The van der Waals surface area contributed by atoms with Crippen molar-refractivity contribution in [3.63, 3.8) is 0 Å². The number of fused-ring (bicyclic) bond motifs is 1. The Morgan fingerprint density at radius 1 is 0.976 bits per heavy atom. The van der Waals surface area contributed by atoms with Crippen LogP contribution in [0.15, 0.2) is 83.8 Å². The first-order valence-corrected chi connectivity index (χ1v) is 13.0. The number of aryl methyl sites for hydroxylation is 2. The van der Waals surface area contributed by atoms with Crippen LogP contribution in [0.2, 0.25) is 0 Å². The lowest BCUT2D eigenvalue weighted by molar-refractivity contribution is -0.137. The molecule has 0 saturated carbocycles. The number of nitrogens with two attached hydrogens (primary N) is 1. The molecule has 0 bridgehead atoms. The van der Waals surface area contributed by atoms with Crippen molar-refractivity contribution in [2.75, 3.05) is 5.73 Å². The molecule has 4 N–H and O–H groups in total. The van der Waals surface area contributed by atoms with Gasteiger partial charge in [0, 0.05) is 6.54 Å². The first-order chi connectivity index (χ1) is 19.7. The number of carbonyl (C=O) groups is 1. The first kappa shape index (κ1) is 27.6. The third-order valence-electron chi connectivity index (χ3n) is 6.71. The van der Waals surface area contributed by atoms with Gasteiger partial charge in [-0.25, -0.2) is 4.98 Å². The Morgan fingerprint density at radius 3 is 2.46 bits per heavy atom. The molecule has 1 amide bonds. The second-order valence-corrected chi connectivity index (χ2v) is 9.65. The van der Waals surface area contributed by atoms with Crippen LogP contribution in [0.25, 0.3) is 22.3 Å². The van der Waals surface area contributed by atoms with E-state index in [-0.39, 0.29) is 30.4 Å². The molecule has 0 saturated heterocycles. The van der Waals surface area contributed by atoms with Gasteiger partial charge in [0.2, 0.25) is 5.91 Å². The number of hydrogen-bond acceptors (Lipinski definition) is 5. The van der Waals surface area contributed by atoms with E-state index in [4.69, 9.17) is 5.73 Å². The number of imidazole rings is 1. The summed E-state index contributed by atoms with van der Waals surface area (Å²) < 4.78 is 40.6. The van der Waals surface area contributed by atoms with Crippen LogP contribution >= 0.6 is 0 Å². The number of anilines is 1. The highest BCUT2D eigenvalue weighted by Crippen LogP contribution is 2.30. The average Bonchev–Trinajstić information content (AvgIpc) is 3.33. The van der Waals surface area contributed by atoms with Crippen LogP contribution in [0.3, 0.4) is 0 Å². The van der Waals surface area contributed by atoms with Crippen LogP contribution in [0.4, 0.5) is 19.1 Å². The third kappa shape index (κ3) is 6.63. The maximum Gasteiger partial charge on any atom is 0.416 e. The number of H-pyrrole nitrogens is 1. The minimum atomic E-state index is -4.50. The lowest BCUT2D eigenvalue weighted by Crippen LogP contribution is -2.34. The van der Waals surface area contributed by atoms with Crippen LogP contribution in [0.1, 0.15) is 28.8 Å². The van der Waals surface area contributed by atoms with Crippen molar-refractivity contribution in [2.45, 2.75) is 38.5 Å². The number of nitrogens with zero attached hydrogens (tertiary/aromatic N) is 3. The fraction of sp³-hybridized carbons (Fsp3) is 0.200. The van der Waals surface area contributed by atoms with Gasteiger partial charge in [0.1, 0.15) is 12.2 Å². The van der Waals surface area contributed by atoms with Gasteiger partial charge in [-0.2, -0.15) is 13.2 Å². The predicted molar refractivity (Wildman–Crippen MR) is 150 cm³/mol. The molecular weight excluding hydrogens is 533 g/mol. The molecule has 3 aromatic carbocycles. The van der Waals surface area contributed by atoms with Gasteiger partial charge < -0.3 is 16.0 Å². The Balaban J connectivity index is 1.37. The number of nitrogen functional groups attached to an aromatic ring is 1. The molecule has 0 unspecified atom stereocenters. The Bertz CT molecular complexity index is 1730. The van der Waals surface area contributed by atoms with Crippen LogP contribution in [-0.4, -0.2) is 25.4 Å². The smallest absolute Gasteiger partial charge is 0.369 e. The molecule has 2 aromatic heterocycles. The summed E-state index contributed by atoms with van der Waals surface area (Å²) in [6.45, 7) is -0.143. The lowest BCUT2D eigenvalue weighted by Gasteiger charge is -2.15. The summed E-state index contributed by atoms with van der Waals surface area (Å²) in [7, 11) is 0. The fourth-order valence-electron chi connectivity index (χ4n) is 4.61. The van der Waals surface area contributed by atoms with E-state index in [1.54, 1.807) is 12.1 Å². The van der Waals surface area contributed by atoms with Gasteiger partial charge >= 0.3 is 6.18 Å². The first-order valence-electron chi connectivity index (χ1n) is 13.0. The number of aromatic nitrogens is 4. The van der Waals surface area contributed by atoms with Gasteiger partial charge in [-0.3, -0.25) is 19.1 Å².